The van der Waals surface area contributed by atoms with Gasteiger partial charge in [-0.3, -0.25) is 9.59 Å². The van der Waals surface area contributed by atoms with Gasteiger partial charge in [0.2, 0.25) is 15.9 Å². The van der Waals surface area contributed by atoms with Crippen molar-refractivity contribution in [3.63, 3.8) is 0 Å². The zero-order valence-electron chi connectivity index (χ0n) is 19.1. The molecule has 1 saturated carbocycles. The first-order valence-corrected chi connectivity index (χ1v) is 12.4. The van der Waals surface area contributed by atoms with Crippen molar-refractivity contribution in [2.24, 2.45) is 5.92 Å². The molecule has 0 bridgehead atoms. The van der Waals surface area contributed by atoms with E-state index in [0.29, 0.717) is 17.0 Å². The highest BCUT2D eigenvalue weighted by Crippen LogP contribution is 2.37. The van der Waals surface area contributed by atoms with Crippen LogP contribution in [0.5, 0.6) is 5.75 Å². The van der Waals surface area contributed by atoms with Crippen LogP contribution in [0.2, 0.25) is 0 Å². The largest absolute Gasteiger partial charge is 0.481 e. The van der Waals surface area contributed by atoms with Crippen molar-refractivity contribution in [3.8, 4) is 17.6 Å². The summed E-state index contributed by atoms with van der Waals surface area (Å²) in [4.78, 5) is 27.4. The van der Waals surface area contributed by atoms with Gasteiger partial charge in [0, 0.05) is 18.2 Å². The molecular formula is C25H26N2O6S. The summed E-state index contributed by atoms with van der Waals surface area (Å²) in [7, 11) is -2.91. The van der Waals surface area contributed by atoms with Gasteiger partial charge in [0.25, 0.3) is 0 Å². The van der Waals surface area contributed by atoms with Crippen LogP contribution in [0.1, 0.15) is 25.3 Å². The molecule has 34 heavy (non-hydrogen) atoms. The molecular weight excluding hydrogens is 456 g/mol. The minimum absolute atomic E-state index is 0.00905. The molecule has 8 nitrogen and oxygen atoms in total. The van der Waals surface area contributed by atoms with Crippen molar-refractivity contribution >= 4 is 27.6 Å². The summed E-state index contributed by atoms with van der Waals surface area (Å²) in [5.41, 5.74) is 1.26. The smallest absolute Gasteiger partial charge is 0.326 e. The van der Waals surface area contributed by atoms with Crippen LogP contribution in [-0.2, 0) is 30.9 Å². The molecule has 1 aliphatic heterocycles. The Hall–Kier alpha value is -3.35. The highest BCUT2D eigenvalue weighted by molar-refractivity contribution is 7.89. The van der Waals surface area contributed by atoms with Gasteiger partial charge < -0.3 is 14.4 Å². The van der Waals surface area contributed by atoms with Crippen LogP contribution < -0.4 is 9.64 Å². The zero-order chi connectivity index (χ0) is 24.3. The third kappa shape index (κ3) is 4.79. The fraction of sp³-hybridized carbons (Fsp3) is 0.360. The van der Waals surface area contributed by atoms with Crippen LogP contribution in [0, 0.1) is 17.8 Å². The lowest BCUT2D eigenvalue weighted by molar-refractivity contribution is -0.145. The van der Waals surface area contributed by atoms with Crippen LogP contribution in [-0.4, -0.2) is 50.9 Å². The SMILES string of the molecule is CC#CCOc1ccc(S(=O)(=O)N2Cc3ccccc3N(C(=O)C3CC3)CC2C(=O)OC)cc1. The highest BCUT2D eigenvalue weighted by atomic mass is 32.2. The topological polar surface area (TPSA) is 93.2 Å². The summed E-state index contributed by atoms with van der Waals surface area (Å²) >= 11 is 0. The van der Waals surface area contributed by atoms with E-state index in [-0.39, 0.29) is 36.4 Å². The van der Waals surface area contributed by atoms with Gasteiger partial charge >= 0.3 is 5.97 Å². The predicted octanol–water partition coefficient (Wildman–Crippen LogP) is 2.58. The van der Waals surface area contributed by atoms with Crippen molar-refractivity contribution in [1.29, 1.82) is 0 Å². The first kappa shape index (κ1) is 23.8. The van der Waals surface area contributed by atoms with Crippen molar-refractivity contribution in [1.82, 2.24) is 4.31 Å². The number of amides is 1. The molecule has 2 aliphatic rings. The Bertz CT molecular complexity index is 1240. The number of anilines is 1. The number of fused-ring (bicyclic) bond motifs is 1. The second-order valence-corrected chi connectivity index (χ2v) is 10.0. The number of hydrogen-bond donors (Lipinski definition) is 0. The summed E-state index contributed by atoms with van der Waals surface area (Å²) in [6.07, 6.45) is 1.58. The number of methoxy groups -OCH3 is 1. The summed E-state index contributed by atoms with van der Waals surface area (Å²) in [5.74, 6) is 5.07. The molecule has 178 valence electrons. The number of ether oxygens (including phenoxy) is 2. The molecule has 1 atom stereocenters. The molecule has 2 aromatic carbocycles. The Morgan fingerprint density at radius 1 is 1.09 bits per heavy atom. The second-order valence-electron chi connectivity index (χ2n) is 8.13. The van der Waals surface area contributed by atoms with Gasteiger partial charge in [0.05, 0.1) is 18.6 Å². The molecule has 1 fully saturated rings. The number of nitrogens with zero attached hydrogens (tertiary/aromatic N) is 2. The number of carbonyl (C=O) groups excluding carboxylic acids is 2. The average Bonchev–Trinajstić information content (AvgIpc) is 3.70. The molecule has 0 N–H and O–H groups in total. The van der Waals surface area contributed by atoms with Gasteiger partial charge in [-0.25, -0.2) is 8.42 Å². The zero-order valence-corrected chi connectivity index (χ0v) is 19.9. The number of hydrogen-bond acceptors (Lipinski definition) is 6. The van der Waals surface area contributed by atoms with Crippen LogP contribution in [0.4, 0.5) is 5.69 Å². The Morgan fingerprint density at radius 3 is 2.44 bits per heavy atom. The summed E-state index contributed by atoms with van der Waals surface area (Å²) in [6.45, 7) is 1.71. The number of benzene rings is 2. The number of esters is 1. The number of para-hydroxylation sites is 1. The van der Waals surface area contributed by atoms with Crippen LogP contribution >= 0.6 is 0 Å². The van der Waals surface area contributed by atoms with E-state index in [1.807, 2.05) is 0 Å². The fourth-order valence-corrected chi connectivity index (χ4v) is 5.47. The van der Waals surface area contributed by atoms with E-state index in [4.69, 9.17) is 9.47 Å². The highest BCUT2D eigenvalue weighted by Gasteiger charge is 2.44. The Balaban J connectivity index is 1.72. The van der Waals surface area contributed by atoms with Crippen molar-refractivity contribution in [2.45, 2.75) is 37.2 Å². The van der Waals surface area contributed by atoms with E-state index in [2.05, 4.69) is 11.8 Å². The van der Waals surface area contributed by atoms with E-state index >= 15 is 0 Å². The molecule has 1 heterocycles. The van der Waals surface area contributed by atoms with Gasteiger partial charge in [-0.1, -0.05) is 24.1 Å². The number of carbonyl (C=O) groups is 2. The van der Waals surface area contributed by atoms with Crippen molar-refractivity contribution in [3.05, 3.63) is 54.1 Å². The molecule has 4 rings (SSSR count). The van der Waals surface area contributed by atoms with Crippen LogP contribution in [0.15, 0.2) is 53.4 Å². The lowest BCUT2D eigenvalue weighted by atomic mass is 10.1. The first-order valence-electron chi connectivity index (χ1n) is 11.0. The molecule has 1 unspecified atom stereocenters. The lowest BCUT2D eigenvalue weighted by Gasteiger charge is -2.29. The van der Waals surface area contributed by atoms with Crippen molar-refractivity contribution < 1.29 is 27.5 Å². The third-order valence-corrected chi connectivity index (χ3v) is 7.76. The maximum atomic E-state index is 13.7. The quantitative estimate of drug-likeness (QED) is 0.464. The minimum atomic E-state index is -4.12. The molecule has 0 aromatic heterocycles. The predicted molar refractivity (Wildman–Crippen MR) is 125 cm³/mol. The molecule has 0 radical (unpaired) electrons. The molecule has 2 aromatic rings. The Morgan fingerprint density at radius 2 is 1.79 bits per heavy atom. The average molecular weight is 483 g/mol. The third-order valence-electron chi connectivity index (χ3n) is 5.90. The van der Waals surface area contributed by atoms with Crippen molar-refractivity contribution in [2.75, 3.05) is 25.2 Å². The molecule has 1 amide bonds. The van der Waals surface area contributed by atoms with Gasteiger partial charge in [-0.15, -0.1) is 5.92 Å². The van der Waals surface area contributed by atoms with E-state index in [9.17, 15) is 18.0 Å². The minimum Gasteiger partial charge on any atom is -0.481 e. The second kappa shape index (κ2) is 9.87. The molecule has 1 aliphatic carbocycles. The van der Waals surface area contributed by atoms with Gasteiger partial charge in [-0.2, -0.15) is 4.31 Å². The first-order chi connectivity index (χ1) is 16.4. The maximum Gasteiger partial charge on any atom is 0.326 e. The molecule has 9 heteroatoms. The van der Waals surface area contributed by atoms with E-state index < -0.39 is 22.0 Å². The maximum absolute atomic E-state index is 13.7. The summed E-state index contributed by atoms with van der Waals surface area (Å²) < 4.78 is 39.0. The Kier molecular flexibility index (Phi) is 6.91. The van der Waals surface area contributed by atoms with Gasteiger partial charge in [-0.05, 0) is 55.7 Å². The standard InChI is InChI=1S/C25H26N2O6S/c1-3-4-15-33-20-11-13-21(14-12-20)34(30,31)27-16-19-7-5-6-8-22(19)26(24(28)18-9-10-18)17-23(27)25(29)32-2/h5-8,11-14,18,23H,9-10,15-17H2,1-2H3. The lowest BCUT2D eigenvalue weighted by Crippen LogP contribution is -2.50. The van der Waals surface area contributed by atoms with Gasteiger partial charge in [0.1, 0.15) is 18.4 Å². The molecule has 0 saturated heterocycles. The molecule has 0 spiro atoms. The van der Waals surface area contributed by atoms with E-state index in [0.717, 1.165) is 17.1 Å². The fourth-order valence-electron chi connectivity index (χ4n) is 3.92. The Labute approximate surface area is 199 Å². The summed E-state index contributed by atoms with van der Waals surface area (Å²) in [5, 5.41) is 0. The van der Waals surface area contributed by atoms with Crippen LogP contribution in [0.25, 0.3) is 0 Å². The summed E-state index contributed by atoms with van der Waals surface area (Å²) in [6, 6.07) is 11.9. The van der Waals surface area contributed by atoms with E-state index in [1.165, 1.54) is 24.1 Å². The normalized spacial score (nSPS) is 18.2. The van der Waals surface area contributed by atoms with Gasteiger partial charge in [0.15, 0.2) is 0 Å². The number of sulfonamides is 1. The van der Waals surface area contributed by atoms with E-state index in [1.54, 1.807) is 43.3 Å². The van der Waals surface area contributed by atoms with Crippen LogP contribution in [0.3, 0.4) is 0 Å². The number of rotatable bonds is 6. The monoisotopic (exact) mass is 482 g/mol.